The van der Waals surface area contributed by atoms with Crippen LogP contribution in [0.3, 0.4) is 0 Å². The topological polar surface area (TPSA) is 101 Å². The van der Waals surface area contributed by atoms with Crippen LogP contribution >= 0.6 is 0 Å². The molecule has 0 amide bonds. The molecule has 1 saturated carbocycles. The van der Waals surface area contributed by atoms with Gasteiger partial charge in [0.25, 0.3) is 10.1 Å². The largest absolute Gasteiger partial charge is 0.481 e. The zero-order valence-corrected chi connectivity index (χ0v) is 13.1. The molecule has 0 heterocycles. The quantitative estimate of drug-likeness (QED) is 0.766. The van der Waals surface area contributed by atoms with Crippen LogP contribution in [-0.2, 0) is 19.1 Å². The third kappa shape index (κ3) is 3.66. The van der Waals surface area contributed by atoms with Gasteiger partial charge in [0.1, 0.15) is 0 Å². The highest BCUT2D eigenvalue weighted by Gasteiger charge is 2.41. The van der Waals surface area contributed by atoms with E-state index in [2.05, 4.69) is 0 Å². The van der Waals surface area contributed by atoms with Crippen molar-refractivity contribution < 1.29 is 27.6 Å². The fraction of sp³-hybridized carbons (Fsp3) is 0.533. The molecule has 6 nitrogen and oxygen atoms in total. The van der Waals surface area contributed by atoms with Crippen molar-refractivity contribution in [1.82, 2.24) is 0 Å². The fourth-order valence-corrected chi connectivity index (χ4v) is 3.88. The average Bonchev–Trinajstić information content (AvgIpc) is 2.89. The van der Waals surface area contributed by atoms with Crippen molar-refractivity contribution in [2.24, 2.45) is 17.8 Å². The lowest BCUT2D eigenvalue weighted by molar-refractivity contribution is -0.145. The first kappa shape index (κ1) is 16.9. The molecule has 0 radical (unpaired) electrons. The van der Waals surface area contributed by atoms with Crippen LogP contribution < -0.4 is 0 Å². The molecule has 2 N–H and O–H groups in total. The van der Waals surface area contributed by atoms with Crippen molar-refractivity contribution in [2.45, 2.75) is 24.7 Å². The number of carboxylic acid groups (broad SMARTS) is 1. The molecule has 0 aromatic heterocycles. The second-order valence-electron chi connectivity index (χ2n) is 5.70. The summed E-state index contributed by atoms with van der Waals surface area (Å²) in [5.41, 5.74) is 0.937. The molecular weight excluding hydrogens is 308 g/mol. The van der Waals surface area contributed by atoms with Crippen LogP contribution in [0.25, 0.3) is 0 Å². The maximum absolute atomic E-state index is 12.1. The molecule has 1 aromatic carbocycles. The van der Waals surface area contributed by atoms with Gasteiger partial charge in [0.15, 0.2) is 0 Å². The number of carboxylic acids is 1. The molecule has 1 aliphatic rings. The minimum atomic E-state index is -3.89. The van der Waals surface area contributed by atoms with Crippen molar-refractivity contribution in [3.05, 3.63) is 29.8 Å². The molecule has 22 heavy (non-hydrogen) atoms. The summed E-state index contributed by atoms with van der Waals surface area (Å²) >= 11 is 0. The van der Waals surface area contributed by atoms with Crippen LogP contribution in [0.4, 0.5) is 0 Å². The highest BCUT2D eigenvalue weighted by Crippen LogP contribution is 2.37. The van der Waals surface area contributed by atoms with Crippen molar-refractivity contribution >= 4 is 16.1 Å². The van der Waals surface area contributed by atoms with Gasteiger partial charge in [0.2, 0.25) is 0 Å². The van der Waals surface area contributed by atoms with Gasteiger partial charge < -0.3 is 10.2 Å². The predicted molar refractivity (Wildman–Crippen MR) is 78.7 cm³/mol. The predicted octanol–water partition coefficient (Wildman–Crippen LogP) is 1.42. The van der Waals surface area contributed by atoms with Crippen molar-refractivity contribution in [2.75, 3.05) is 13.2 Å². The third-order valence-electron chi connectivity index (χ3n) is 4.19. The van der Waals surface area contributed by atoms with E-state index in [1.165, 1.54) is 12.1 Å². The van der Waals surface area contributed by atoms with Gasteiger partial charge in [-0.3, -0.25) is 8.98 Å². The number of hydrogen-bond donors (Lipinski definition) is 2. The molecule has 0 unspecified atom stereocenters. The van der Waals surface area contributed by atoms with E-state index in [-0.39, 0.29) is 24.0 Å². The van der Waals surface area contributed by atoms with E-state index >= 15 is 0 Å². The van der Waals surface area contributed by atoms with Gasteiger partial charge in [-0.25, -0.2) is 0 Å². The van der Waals surface area contributed by atoms with Crippen LogP contribution in [0.1, 0.15) is 18.4 Å². The maximum atomic E-state index is 12.1. The number of aliphatic carboxylic acids is 1. The molecule has 1 aliphatic carbocycles. The summed E-state index contributed by atoms with van der Waals surface area (Å²) in [5, 5.41) is 18.5. The van der Waals surface area contributed by atoms with Crippen LogP contribution in [0.5, 0.6) is 0 Å². The Kier molecular flexibility index (Phi) is 5.20. The Morgan fingerprint density at radius 2 is 1.82 bits per heavy atom. The molecule has 1 aromatic rings. The molecule has 7 heteroatoms. The number of aliphatic hydroxyl groups is 1. The van der Waals surface area contributed by atoms with Crippen LogP contribution in [0.15, 0.2) is 29.2 Å². The summed E-state index contributed by atoms with van der Waals surface area (Å²) < 4.78 is 29.3. The molecule has 0 aliphatic heterocycles. The third-order valence-corrected chi connectivity index (χ3v) is 5.49. The summed E-state index contributed by atoms with van der Waals surface area (Å²) in [6.45, 7) is 1.46. The highest BCUT2D eigenvalue weighted by molar-refractivity contribution is 7.86. The first-order valence-corrected chi connectivity index (χ1v) is 8.55. The van der Waals surface area contributed by atoms with Crippen LogP contribution in [-0.4, -0.2) is 37.8 Å². The summed E-state index contributed by atoms with van der Waals surface area (Å²) in [6.07, 6.45) is 1.09. The monoisotopic (exact) mass is 328 g/mol. The van der Waals surface area contributed by atoms with Gasteiger partial charge in [-0.1, -0.05) is 17.7 Å². The molecule has 0 bridgehead atoms. The lowest BCUT2D eigenvalue weighted by Crippen LogP contribution is -2.29. The molecule has 0 spiro atoms. The number of rotatable bonds is 6. The molecule has 122 valence electrons. The molecular formula is C15H20O6S. The fourth-order valence-electron chi connectivity index (χ4n) is 2.92. The van der Waals surface area contributed by atoms with Gasteiger partial charge >= 0.3 is 5.97 Å². The van der Waals surface area contributed by atoms with Crippen molar-refractivity contribution in [3.63, 3.8) is 0 Å². The van der Waals surface area contributed by atoms with E-state index in [9.17, 15) is 23.4 Å². The minimum absolute atomic E-state index is 0.0571. The molecule has 3 atom stereocenters. The van der Waals surface area contributed by atoms with Gasteiger partial charge in [0.05, 0.1) is 17.4 Å². The second kappa shape index (κ2) is 6.76. The lowest BCUT2D eigenvalue weighted by Gasteiger charge is -2.19. The Balaban J connectivity index is 2.05. The SMILES string of the molecule is Cc1ccc(S(=O)(=O)OC[C@@H]2CC[C@H](CO)[C@H]2C(=O)O)cc1. The number of aliphatic hydroxyl groups excluding tert-OH is 1. The van der Waals surface area contributed by atoms with Crippen molar-refractivity contribution in [1.29, 1.82) is 0 Å². The van der Waals surface area contributed by atoms with Gasteiger partial charge in [-0.2, -0.15) is 8.42 Å². The Morgan fingerprint density at radius 1 is 1.23 bits per heavy atom. The first-order valence-electron chi connectivity index (χ1n) is 7.15. The average molecular weight is 328 g/mol. The smallest absolute Gasteiger partial charge is 0.307 e. The van der Waals surface area contributed by atoms with Crippen molar-refractivity contribution in [3.8, 4) is 0 Å². The Labute approximate surface area is 129 Å². The van der Waals surface area contributed by atoms with Gasteiger partial charge in [0, 0.05) is 6.61 Å². The van der Waals surface area contributed by atoms with E-state index in [0.717, 1.165) is 5.56 Å². The maximum Gasteiger partial charge on any atom is 0.307 e. The standard InChI is InChI=1S/C15H20O6S/c1-10-2-6-13(7-3-10)22(19,20)21-9-12-5-4-11(8-16)14(12)15(17)18/h2-3,6-7,11-12,14,16H,4-5,8-9H2,1H3,(H,17,18)/t11-,12+,14-/m1/s1. The van der Waals surface area contributed by atoms with E-state index in [4.69, 9.17) is 4.18 Å². The summed E-state index contributed by atoms with van der Waals surface area (Å²) in [6, 6.07) is 6.27. The van der Waals surface area contributed by atoms with E-state index in [0.29, 0.717) is 12.8 Å². The van der Waals surface area contributed by atoms with Gasteiger partial charge in [-0.05, 0) is 43.7 Å². The number of aryl methyl sites for hydroxylation is 1. The summed E-state index contributed by atoms with van der Waals surface area (Å²) in [7, 11) is -3.89. The highest BCUT2D eigenvalue weighted by atomic mass is 32.2. The number of carbonyl (C=O) groups is 1. The zero-order valence-electron chi connectivity index (χ0n) is 12.3. The first-order chi connectivity index (χ1) is 10.3. The molecule has 1 fully saturated rings. The number of hydrogen-bond acceptors (Lipinski definition) is 5. The van der Waals surface area contributed by atoms with Crippen LogP contribution in [0.2, 0.25) is 0 Å². The van der Waals surface area contributed by atoms with Gasteiger partial charge in [-0.15, -0.1) is 0 Å². The minimum Gasteiger partial charge on any atom is -0.481 e. The van der Waals surface area contributed by atoms with E-state index in [1.54, 1.807) is 12.1 Å². The Morgan fingerprint density at radius 3 is 2.36 bits per heavy atom. The molecule has 2 rings (SSSR count). The second-order valence-corrected chi connectivity index (χ2v) is 7.31. The van der Waals surface area contributed by atoms with E-state index < -0.39 is 27.9 Å². The molecule has 0 saturated heterocycles. The Bertz CT molecular complexity index is 622. The number of benzene rings is 1. The lowest BCUT2D eigenvalue weighted by atomic mass is 9.90. The van der Waals surface area contributed by atoms with Crippen LogP contribution in [0, 0.1) is 24.7 Å². The Hall–Kier alpha value is -1.44. The summed E-state index contributed by atoms with van der Waals surface area (Å²) in [5.74, 6) is -2.53. The zero-order chi connectivity index (χ0) is 16.3. The van der Waals surface area contributed by atoms with E-state index in [1.807, 2.05) is 6.92 Å². The summed E-state index contributed by atoms with van der Waals surface area (Å²) in [4.78, 5) is 11.4. The normalized spacial score (nSPS) is 25.3.